The topological polar surface area (TPSA) is 45.1 Å². The largest absolute Gasteiger partial charge is 0.506 e. The molecule has 0 unspecified atom stereocenters. The Kier molecular flexibility index (Phi) is 4.09. The van der Waals surface area contributed by atoms with Crippen molar-refractivity contribution >= 4 is 33.2 Å². The van der Waals surface area contributed by atoms with Crippen molar-refractivity contribution < 1.29 is 5.11 Å². The number of nitrogens with zero attached hydrogens (tertiary/aromatic N) is 1. The lowest BCUT2D eigenvalue weighted by Crippen LogP contribution is -2.00. The SMILES string of the molecule is Cc1cc(NCc2cccc(Br)c2O)cnc1Cl. The van der Waals surface area contributed by atoms with E-state index in [1.807, 2.05) is 25.1 Å². The standard InChI is InChI=1S/C13H12BrClN2O/c1-8-5-10(7-17-13(8)15)16-6-9-3-2-4-11(14)12(9)18/h2-5,7,16,18H,6H2,1H3. The number of anilines is 1. The zero-order valence-electron chi connectivity index (χ0n) is 9.74. The van der Waals surface area contributed by atoms with E-state index in [0.29, 0.717) is 16.2 Å². The molecule has 1 aromatic carbocycles. The molecule has 0 aliphatic rings. The highest BCUT2D eigenvalue weighted by Crippen LogP contribution is 2.28. The third-order valence-electron chi connectivity index (χ3n) is 2.57. The second-order valence-corrected chi connectivity index (χ2v) is 5.15. The molecule has 2 N–H and O–H groups in total. The van der Waals surface area contributed by atoms with Crippen LogP contribution in [0, 0.1) is 6.92 Å². The Hall–Kier alpha value is -1.26. The van der Waals surface area contributed by atoms with E-state index in [1.54, 1.807) is 12.3 Å². The van der Waals surface area contributed by atoms with Gasteiger partial charge in [0.05, 0.1) is 16.4 Å². The van der Waals surface area contributed by atoms with E-state index in [4.69, 9.17) is 11.6 Å². The number of para-hydroxylation sites is 1. The number of benzene rings is 1. The molecule has 0 bridgehead atoms. The van der Waals surface area contributed by atoms with Crippen LogP contribution in [0.25, 0.3) is 0 Å². The van der Waals surface area contributed by atoms with E-state index in [1.165, 1.54) is 0 Å². The summed E-state index contributed by atoms with van der Waals surface area (Å²) in [5, 5.41) is 13.6. The molecule has 0 fully saturated rings. The van der Waals surface area contributed by atoms with Gasteiger partial charge in [0.1, 0.15) is 10.9 Å². The van der Waals surface area contributed by atoms with Crippen molar-refractivity contribution in [2.24, 2.45) is 0 Å². The Labute approximate surface area is 119 Å². The molecular formula is C13H12BrClN2O. The lowest BCUT2D eigenvalue weighted by molar-refractivity contribution is 0.465. The van der Waals surface area contributed by atoms with Crippen molar-refractivity contribution in [2.75, 3.05) is 5.32 Å². The fourth-order valence-electron chi connectivity index (χ4n) is 1.55. The third-order valence-corrected chi connectivity index (χ3v) is 3.60. The van der Waals surface area contributed by atoms with Crippen LogP contribution in [-0.2, 0) is 6.54 Å². The van der Waals surface area contributed by atoms with Crippen LogP contribution in [0.2, 0.25) is 5.15 Å². The number of rotatable bonds is 3. The molecule has 1 heterocycles. The van der Waals surface area contributed by atoms with E-state index in [0.717, 1.165) is 16.8 Å². The van der Waals surface area contributed by atoms with E-state index in [-0.39, 0.29) is 5.75 Å². The lowest BCUT2D eigenvalue weighted by Gasteiger charge is -2.09. The van der Waals surface area contributed by atoms with Gasteiger partial charge in [0, 0.05) is 12.1 Å². The molecule has 3 nitrogen and oxygen atoms in total. The van der Waals surface area contributed by atoms with E-state index >= 15 is 0 Å². The fraction of sp³-hybridized carbons (Fsp3) is 0.154. The minimum absolute atomic E-state index is 0.253. The molecule has 0 aliphatic heterocycles. The Morgan fingerprint density at radius 3 is 2.94 bits per heavy atom. The van der Waals surface area contributed by atoms with Gasteiger partial charge >= 0.3 is 0 Å². The van der Waals surface area contributed by atoms with Crippen molar-refractivity contribution in [1.29, 1.82) is 0 Å². The number of hydrogen-bond donors (Lipinski definition) is 2. The molecule has 0 atom stereocenters. The second kappa shape index (κ2) is 5.59. The first kappa shape index (κ1) is 13.2. The number of phenols is 1. The summed E-state index contributed by atoms with van der Waals surface area (Å²) in [4.78, 5) is 4.06. The highest BCUT2D eigenvalue weighted by Gasteiger charge is 2.05. The van der Waals surface area contributed by atoms with Crippen LogP contribution in [-0.4, -0.2) is 10.1 Å². The number of hydrogen-bond acceptors (Lipinski definition) is 3. The average Bonchev–Trinajstić information content (AvgIpc) is 2.35. The van der Waals surface area contributed by atoms with Crippen molar-refractivity contribution in [3.8, 4) is 5.75 Å². The number of aromatic hydroxyl groups is 1. The van der Waals surface area contributed by atoms with E-state index in [2.05, 4.69) is 26.2 Å². The molecule has 2 aromatic rings. The van der Waals surface area contributed by atoms with Gasteiger partial charge in [-0.05, 0) is 40.5 Å². The molecule has 0 amide bonds. The summed E-state index contributed by atoms with van der Waals surface area (Å²) in [5.74, 6) is 0.253. The van der Waals surface area contributed by atoms with Crippen molar-refractivity contribution in [3.63, 3.8) is 0 Å². The van der Waals surface area contributed by atoms with Crippen LogP contribution in [0.4, 0.5) is 5.69 Å². The van der Waals surface area contributed by atoms with Crippen LogP contribution in [0.5, 0.6) is 5.75 Å². The predicted octanol–water partition coefficient (Wildman–Crippen LogP) is 4.12. The summed E-state index contributed by atoms with van der Waals surface area (Å²) < 4.78 is 0.687. The molecule has 5 heteroatoms. The molecule has 1 aromatic heterocycles. The normalized spacial score (nSPS) is 10.4. The number of halogens is 2. The van der Waals surface area contributed by atoms with Crippen molar-refractivity contribution in [1.82, 2.24) is 4.98 Å². The maximum Gasteiger partial charge on any atom is 0.134 e. The van der Waals surface area contributed by atoms with Gasteiger partial charge in [0.25, 0.3) is 0 Å². The van der Waals surface area contributed by atoms with Crippen molar-refractivity contribution in [2.45, 2.75) is 13.5 Å². The van der Waals surface area contributed by atoms with E-state index < -0.39 is 0 Å². The van der Waals surface area contributed by atoms with Crippen LogP contribution in [0.3, 0.4) is 0 Å². The number of pyridine rings is 1. The minimum Gasteiger partial charge on any atom is -0.506 e. The number of nitrogens with one attached hydrogen (secondary N) is 1. The molecule has 0 spiro atoms. The first-order chi connectivity index (χ1) is 8.58. The van der Waals surface area contributed by atoms with Gasteiger partial charge in [-0.25, -0.2) is 4.98 Å². The number of aryl methyl sites for hydroxylation is 1. The molecule has 2 rings (SSSR count). The maximum atomic E-state index is 9.85. The fourth-order valence-corrected chi connectivity index (χ4v) is 2.07. The number of aromatic nitrogens is 1. The molecule has 0 radical (unpaired) electrons. The zero-order chi connectivity index (χ0) is 13.1. The zero-order valence-corrected chi connectivity index (χ0v) is 12.1. The second-order valence-electron chi connectivity index (χ2n) is 3.93. The van der Waals surface area contributed by atoms with Crippen LogP contribution in [0.1, 0.15) is 11.1 Å². The quantitative estimate of drug-likeness (QED) is 0.833. The molecule has 94 valence electrons. The van der Waals surface area contributed by atoms with Gasteiger partial charge in [-0.1, -0.05) is 23.7 Å². The Balaban J connectivity index is 2.11. The predicted molar refractivity (Wildman–Crippen MR) is 77.1 cm³/mol. The summed E-state index contributed by atoms with van der Waals surface area (Å²) >= 11 is 9.14. The van der Waals surface area contributed by atoms with Gasteiger partial charge in [-0.2, -0.15) is 0 Å². The molecule has 18 heavy (non-hydrogen) atoms. The highest BCUT2D eigenvalue weighted by molar-refractivity contribution is 9.10. The lowest BCUT2D eigenvalue weighted by atomic mass is 10.2. The Bertz CT molecular complexity index is 575. The van der Waals surface area contributed by atoms with Gasteiger partial charge in [0.2, 0.25) is 0 Å². The minimum atomic E-state index is 0.253. The maximum absolute atomic E-state index is 9.85. The molecule has 0 aliphatic carbocycles. The molecule has 0 saturated carbocycles. The monoisotopic (exact) mass is 326 g/mol. The molecular weight excluding hydrogens is 316 g/mol. The summed E-state index contributed by atoms with van der Waals surface area (Å²) in [7, 11) is 0. The summed E-state index contributed by atoms with van der Waals surface area (Å²) in [6.45, 7) is 2.42. The third kappa shape index (κ3) is 2.94. The van der Waals surface area contributed by atoms with Gasteiger partial charge < -0.3 is 10.4 Å². The summed E-state index contributed by atoms with van der Waals surface area (Å²) in [6.07, 6.45) is 1.67. The van der Waals surface area contributed by atoms with E-state index in [9.17, 15) is 5.11 Å². The van der Waals surface area contributed by atoms with Crippen LogP contribution < -0.4 is 5.32 Å². The highest BCUT2D eigenvalue weighted by atomic mass is 79.9. The summed E-state index contributed by atoms with van der Waals surface area (Å²) in [6, 6.07) is 7.46. The Morgan fingerprint density at radius 2 is 2.22 bits per heavy atom. The Morgan fingerprint density at radius 1 is 1.44 bits per heavy atom. The molecule has 0 saturated heterocycles. The van der Waals surface area contributed by atoms with Gasteiger partial charge in [-0.3, -0.25) is 0 Å². The number of phenolic OH excluding ortho intramolecular Hbond substituents is 1. The summed E-state index contributed by atoms with van der Waals surface area (Å²) in [5.41, 5.74) is 2.60. The first-order valence-electron chi connectivity index (χ1n) is 5.40. The first-order valence-corrected chi connectivity index (χ1v) is 6.57. The van der Waals surface area contributed by atoms with Crippen LogP contribution in [0.15, 0.2) is 34.9 Å². The smallest absolute Gasteiger partial charge is 0.134 e. The van der Waals surface area contributed by atoms with Gasteiger partial charge in [0.15, 0.2) is 0 Å². The van der Waals surface area contributed by atoms with Crippen LogP contribution >= 0.6 is 27.5 Å². The van der Waals surface area contributed by atoms with Crippen molar-refractivity contribution in [3.05, 3.63) is 51.2 Å². The average molecular weight is 328 g/mol. The van der Waals surface area contributed by atoms with Gasteiger partial charge in [-0.15, -0.1) is 0 Å².